The Hall–Kier alpha value is -1.19. The fraction of sp³-hybridized carbons (Fsp3) is 0.0769. The van der Waals surface area contributed by atoms with Gasteiger partial charge < -0.3 is 11.1 Å². The third-order valence-corrected chi connectivity index (χ3v) is 3.39. The Balaban J connectivity index is 2.30. The maximum absolute atomic E-state index is 5.84. The number of nitrogen functional groups attached to an aromatic ring is 1. The molecule has 0 aromatic heterocycles. The number of aryl methyl sites for hydroxylation is 1. The summed E-state index contributed by atoms with van der Waals surface area (Å²) in [5, 5.41) is 4.03. The molecular formula is C13H12BrClN2. The predicted molar refractivity (Wildman–Crippen MR) is 78.0 cm³/mol. The van der Waals surface area contributed by atoms with E-state index < -0.39 is 0 Å². The van der Waals surface area contributed by atoms with Crippen molar-refractivity contribution < 1.29 is 0 Å². The molecule has 0 aliphatic rings. The van der Waals surface area contributed by atoms with Gasteiger partial charge in [-0.25, -0.2) is 0 Å². The molecule has 2 aromatic carbocycles. The summed E-state index contributed by atoms with van der Waals surface area (Å²) >= 11 is 9.32. The zero-order valence-electron chi connectivity index (χ0n) is 9.30. The molecule has 3 N–H and O–H groups in total. The van der Waals surface area contributed by atoms with Crippen LogP contribution in [0.1, 0.15) is 5.56 Å². The van der Waals surface area contributed by atoms with Crippen molar-refractivity contribution in [1.29, 1.82) is 0 Å². The Bertz CT molecular complexity index is 538. The van der Waals surface area contributed by atoms with Crippen LogP contribution in [-0.4, -0.2) is 0 Å². The van der Waals surface area contributed by atoms with E-state index in [1.807, 2.05) is 43.3 Å². The van der Waals surface area contributed by atoms with Gasteiger partial charge in [0, 0.05) is 20.9 Å². The summed E-state index contributed by atoms with van der Waals surface area (Å²) in [5.74, 6) is 0. The molecule has 0 atom stereocenters. The molecule has 0 bridgehead atoms. The summed E-state index contributed by atoms with van der Waals surface area (Å²) in [4.78, 5) is 0. The van der Waals surface area contributed by atoms with Crippen LogP contribution >= 0.6 is 27.5 Å². The van der Waals surface area contributed by atoms with Gasteiger partial charge >= 0.3 is 0 Å². The van der Waals surface area contributed by atoms with E-state index in [4.69, 9.17) is 17.3 Å². The molecule has 0 heterocycles. The summed E-state index contributed by atoms with van der Waals surface area (Å²) in [6, 6.07) is 11.5. The highest BCUT2D eigenvalue weighted by molar-refractivity contribution is 9.10. The topological polar surface area (TPSA) is 38.0 Å². The number of halogens is 2. The van der Waals surface area contributed by atoms with E-state index in [0.29, 0.717) is 0 Å². The van der Waals surface area contributed by atoms with E-state index in [1.54, 1.807) is 0 Å². The van der Waals surface area contributed by atoms with Crippen LogP contribution in [0, 0.1) is 6.92 Å². The Kier molecular flexibility index (Phi) is 3.60. The van der Waals surface area contributed by atoms with Gasteiger partial charge in [0.1, 0.15) is 0 Å². The summed E-state index contributed by atoms with van der Waals surface area (Å²) in [5.41, 5.74) is 9.62. The standard InChI is InChI=1S/C13H12BrClN2/c1-8-6-13(11(14)7-12(8)16)17-10-4-2-9(15)3-5-10/h2-7,17H,16H2,1H3. The molecule has 4 heteroatoms. The fourth-order valence-corrected chi connectivity index (χ4v) is 2.07. The van der Waals surface area contributed by atoms with Crippen LogP contribution in [-0.2, 0) is 0 Å². The normalized spacial score (nSPS) is 10.3. The van der Waals surface area contributed by atoms with E-state index in [0.717, 1.165) is 32.1 Å². The molecule has 2 nitrogen and oxygen atoms in total. The maximum Gasteiger partial charge on any atom is 0.0532 e. The van der Waals surface area contributed by atoms with E-state index >= 15 is 0 Å². The lowest BCUT2D eigenvalue weighted by molar-refractivity contribution is 1.43. The first-order valence-corrected chi connectivity index (χ1v) is 6.31. The van der Waals surface area contributed by atoms with Crippen LogP contribution in [0.2, 0.25) is 5.02 Å². The smallest absolute Gasteiger partial charge is 0.0532 e. The zero-order chi connectivity index (χ0) is 12.4. The average molecular weight is 312 g/mol. The zero-order valence-corrected chi connectivity index (χ0v) is 11.6. The molecular weight excluding hydrogens is 300 g/mol. The van der Waals surface area contributed by atoms with Gasteiger partial charge in [-0.2, -0.15) is 0 Å². The quantitative estimate of drug-likeness (QED) is 0.786. The second-order valence-corrected chi connectivity index (χ2v) is 5.11. The molecule has 2 rings (SSSR count). The van der Waals surface area contributed by atoms with Crippen LogP contribution in [0.25, 0.3) is 0 Å². The molecule has 0 fully saturated rings. The minimum absolute atomic E-state index is 0.725. The van der Waals surface area contributed by atoms with Crippen molar-refractivity contribution in [2.45, 2.75) is 6.92 Å². The number of nitrogens with one attached hydrogen (secondary N) is 1. The van der Waals surface area contributed by atoms with Crippen molar-refractivity contribution in [3.63, 3.8) is 0 Å². The third kappa shape index (κ3) is 2.93. The minimum Gasteiger partial charge on any atom is -0.398 e. The van der Waals surface area contributed by atoms with Gasteiger partial charge in [-0.3, -0.25) is 0 Å². The number of hydrogen-bond donors (Lipinski definition) is 2. The molecule has 88 valence electrons. The Morgan fingerprint density at radius 1 is 1.18 bits per heavy atom. The highest BCUT2D eigenvalue weighted by Crippen LogP contribution is 2.30. The summed E-state index contributed by atoms with van der Waals surface area (Å²) in [6.07, 6.45) is 0. The predicted octanol–water partition coefficient (Wildman–Crippen LogP) is 4.74. The van der Waals surface area contributed by atoms with Gasteiger partial charge in [-0.1, -0.05) is 11.6 Å². The molecule has 0 amide bonds. The fourth-order valence-electron chi connectivity index (χ4n) is 1.48. The summed E-state index contributed by atoms with van der Waals surface area (Å²) < 4.78 is 0.940. The third-order valence-electron chi connectivity index (χ3n) is 2.48. The number of hydrogen-bond acceptors (Lipinski definition) is 2. The van der Waals surface area contributed by atoms with E-state index in [-0.39, 0.29) is 0 Å². The number of benzene rings is 2. The monoisotopic (exact) mass is 310 g/mol. The second kappa shape index (κ2) is 4.98. The SMILES string of the molecule is Cc1cc(Nc2ccc(Cl)cc2)c(Br)cc1N. The lowest BCUT2D eigenvalue weighted by atomic mass is 10.2. The molecule has 0 radical (unpaired) electrons. The van der Waals surface area contributed by atoms with Crippen LogP contribution < -0.4 is 11.1 Å². The van der Waals surface area contributed by atoms with Crippen molar-refractivity contribution in [3.05, 3.63) is 51.5 Å². The van der Waals surface area contributed by atoms with Crippen molar-refractivity contribution in [2.24, 2.45) is 0 Å². The average Bonchev–Trinajstić information content (AvgIpc) is 2.29. The number of anilines is 3. The molecule has 0 saturated heterocycles. The summed E-state index contributed by atoms with van der Waals surface area (Å²) in [7, 11) is 0. The van der Waals surface area contributed by atoms with Gasteiger partial charge in [0.05, 0.1) is 5.69 Å². The van der Waals surface area contributed by atoms with Crippen molar-refractivity contribution >= 4 is 44.6 Å². The molecule has 17 heavy (non-hydrogen) atoms. The highest BCUT2D eigenvalue weighted by atomic mass is 79.9. The van der Waals surface area contributed by atoms with E-state index in [9.17, 15) is 0 Å². The van der Waals surface area contributed by atoms with Gasteiger partial charge in [0.25, 0.3) is 0 Å². The lowest BCUT2D eigenvalue weighted by Crippen LogP contribution is -1.95. The van der Waals surface area contributed by atoms with Crippen LogP contribution in [0.4, 0.5) is 17.1 Å². The van der Waals surface area contributed by atoms with Gasteiger partial charge in [0.2, 0.25) is 0 Å². The first kappa shape index (κ1) is 12.3. The Morgan fingerprint density at radius 2 is 1.82 bits per heavy atom. The first-order valence-electron chi connectivity index (χ1n) is 5.14. The van der Waals surface area contributed by atoms with Gasteiger partial charge in [-0.15, -0.1) is 0 Å². The molecule has 0 saturated carbocycles. The molecule has 0 aliphatic heterocycles. The van der Waals surface area contributed by atoms with Crippen molar-refractivity contribution in [3.8, 4) is 0 Å². The van der Waals surface area contributed by atoms with Crippen LogP contribution in [0.5, 0.6) is 0 Å². The Labute approximate surface area is 114 Å². The molecule has 0 aliphatic carbocycles. The maximum atomic E-state index is 5.84. The van der Waals surface area contributed by atoms with E-state index in [2.05, 4.69) is 21.2 Å². The minimum atomic E-state index is 0.725. The molecule has 0 unspecified atom stereocenters. The van der Waals surface area contributed by atoms with E-state index in [1.165, 1.54) is 0 Å². The van der Waals surface area contributed by atoms with Crippen molar-refractivity contribution in [1.82, 2.24) is 0 Å². The number of rotatable bonds is 2. The van der Waals surface area contributed by atoms with Gasteiger partial charge in [0.15, 0.2) is 0 Å². The van der Waals surface area contributed by atoms with Gasteiger partial charge in [-0.05, 0) is 64.8 Å². The lowest BCUT2D eigenvalue weighted by Gasteiger charge is -2.11. The first-order chi connectivity index (χ1) is 8.06. The summed E-state index contributed by atoms with van der Waals surface area (Å²) in [6.45, 7) is 1.98. The second-order valence-electron chi connectivity index (χ2n) is 3.82. The van der Waals surface area contributed by atoms with Crippen LogP contribution in [0.3, 0.4) is 0 Å². The highest BCUT2D eigenvalue weighted by Gasteiger charge is 2.03. The molecule has 0 spiro atoms. The number of nitrogens with two attached hydrogens (primary N) is 1. The Morgan fingerprint density at radius 3 is 2.47 bits per heavy atom. The molecule has 2 aromatic rings. The van der Waals surface area contributed by atoms with Crippen molar-refractivity contribution in [2.75, 3.05) is 11.1 Å². The van der Waals surface area contributed by atoms with Crippen LogP contribution in [0.15, 0.2) is 40.9 Å². The largest absolute Gasteiger partial charge is 0.398 e.